The molecule has 1 unspecified atom stereocenters. The Labute approximate surface area is 242 Å². The summed E-state index contributed by atoms with van der Waals surface area (Å²) in [5.41, 5.74) is 0. The van der Waals surface area contributed by atoms with E-state index in [4.69, 9.17) is 0 Å². The third-order valence-electron chi connectivity index (χ3n) is 8.42. The highest BCUT2D eigenvalue weighted by atomic mass is 19.5. The molecule has 0 radical (unpaired) electrons. The van der Waals surface area contributed by atoms with Crippen LogP contribution in [0, 0.1) is 0 Å². The lowest BCUT2D eigenvalue weighted by Gasteiger charge is -2.34. The smallest absolute Gasteiger partial charge is 0.418 e. The van der Waals surface area contributed by atoms with E-state index in [-0.39, 0.29) is 0 Å². The summed E-state index contributed by atoms with van der Waals surface area (Å²) in [5.74, 6) is 0. The average molecular weight is 565 g/mol. The Kier molecular flexibility index (Phi) is 29.1. The number of rotatable bonds is 26. The van der Waals surface area contributed by atoms with Crippen LogP contribution in [0.25, 0.3) is 0 Å². The molecule has 1 rings (SSSR count). The minimum Gasteiger partial charge on any atom is -0.418 e. The van der Waals surface area contributed by atoms with E-state index in [9.17, 15) is 17.3 Å². The van der Waals surface area contributed by atoms with Crippen molar-refractivity contribution in [2.24, 2.45) is 0 Å². The molecule has 236 valence electrons. The fourth-order valence-corrected chi connectivity index (χ4v) is 6.11. The van der Waals surface area contributed by atoms with E-state index >= 15 is 0 Å². The summed E-state index contributed by atoms with van der Waals surface area (Å²) in [7, 11) is -6.00. The Morgan fingerprint density at radius 3 is 1.05 bits per heavy atom. The van der Waals surface area contributed by atoms with Crippen LogP contribution in [-0.4, -0.2) is 31.3 Å². The predicted octanol–water partition coefficient (Wildman–Crippen LogP) is 12.9. The fourth-order valence-electron chi connectivity index (χ4n) is 6.11. The first-order valence-electron chi connectivity index (χ1n) is 17.5. The van der Waals surface area contributed by atoms with Crippen LogP contribution in [0.1, 0.15) is 194 Å². The number of hydrogen-bond donors (Lipinski definition) is 0. The zero-order valence-electron chi connectivity index (χ0n) is 26.3. The van der Waals surface area contributed by atoms with E-state index in [0.29, 0.717) is 0 Å². The Bertz CT molecular complexity index is 463. The van der Waals surface area contributed by atoms with Gasteiger partial charge in [-0.25, -0.2) is 0 Å². The van der Waals surface area contributed by atoms with Crippen molar-refractivity contribution in [3.05, 3.63) is 0 Å². The molecule has 1 heterocycles. The number of piperidine rings is 1. The van der Waals surface area contributed by atoms with Crippen molar-refractivity contribution in [3.63, 3.8) is 0 Å². The molecule has 1 aliphatic rings. The maximum atomic E-state index is 9.75. The van der Waals surface area contributed by atoms with Crippen LogP contribution in [0.3, 0.4) is 0 Å². The van der Waals surface area contributed by atoms with E-state index in [1.165, 1.54) is 193 Å². The average Bonchev–Trinajstić information content (AvgIpc) is 2.90. The molecule has 0 spiro atoms. The van der Waals surface area contributed by atoms with Gasteiger partial charge in [0.25, 0.3) is 0 Å². The van der Waals surface area contributed by atoms with E-state index in [1.54, 1.807) is 0 Å². The van der Waals surface area contributed by atoms with Crippen molar-refractivity contribution >= 4 is 7.25 Å². The van der Waals surface area contributed by atoms with E-state index in [0.717, 1.165) is 6.04 Å². The van der Waals surface area contributed by atoms with Crippen molar-refractivity contribution in [1.29, 1.82) is 0 Å². The van der Waals surface area contributed by atoms with Crippen molar-refractivity contribution < 1.29 is 17.3 Å². The molecule has 39 heavy (non-hydrogen) atoms. The highest BCUT2D eigenvalue weighted by Gasteiger charge is 2.21. The van der Waals surface area contributed by atoms with E-state index in [2.05, 4.69) is 18.7 Å². The van der Waals surface area contributed by atoms with Gasteiger partial charge in [0.2, 0.25) is 0 Å². The van der Waals surface area contributed by atoms with Gasteiger partial charge in [0.05, 0.1) is 0 Å². The predicted molar refractivity (Wildman–Crippen MR) is 166 cm³/mol. The zero-order valence-corrected chi connectivity index (χ0v) is 26.3. The van der Waals surface area contributed by atoms with Gasteiger partial charge < -0.3 is 22.2 Å². The summed E-state index contributed by atoms with van der Waals surface area (Å²) < 4.78 is 39.0. The number of halogens is 4. The van der Waals surface area contributed by atoms with E-state index in [1.807, 2.05) is 0 Å². The molecule has 0 aromatic heterocycles. The molecule has 0 amide bonds. The summed E-state index contributed by atoms with van der Waals surface area (Å²) >= 11 is 0. The molecule has 0 bridgehead atoms. The third kappa shape index (κ3) is 32.1. The molecule has 1 nitrogen and oxygen atoms in total. The molecule has 1 aliphatic heterocycles. The quantitative estimate of drug-likeness (QED) is 0.0574. The normalized spacial score (nSPS) is 15.2. The molecular formula is C33H67BF4N-. The Morgan fingerprint density at radius 1 is 0.436 bits per heavy atom. The zero-order chi connectivity index (χ0) is 28.9. The molecule has 0 aromatic carbocycles. The highest BCUT2D eigenvalue weighted by molar-refractivity contribution is 6.50. The largest absolute Gasteiger partial charge is 0.673 e. The number of likely N-dealkylation sites (tertiary alicyclic amines) is 1. The third-order valence-corrected chi connectivity index (χ3v) is 8.42. The molecule has 6 heteroatoms. The standard InChI is InChI=1S/C33H67N.BF4/c1-3-5-6-7-8-9-10-11-12-13-14-15-16-17-18-19-20-21-22-23-24-26-30-33(29-4-2)34-31-27-25-28-32-34;2-1(3,4)5/h33H,3-32H2,1-2H3;/q;-1. The molecule has 0 saturated carbocycles. The van der Waals surface area contributed by atoms with Gasteiger partial charge >= 0.3 is 7.25 Å². The second-order valence-electron chi connectivity index (χ2n) is 12.2. The first-order chi connectivity index (χ1) is 18.9. The van der Waals surface area contributed by atoms with Gasteiger partial charge in [0.15, 0.2) is 0 Å². The summed E-state index contributed by atoms with van der Waals surface area (Å²) in [5, 5.41) is 0. The van der Waals surface area contributed by atoms with Gasteiger partial charge in [0.1, 0.15) is 0 Å². The Morgan fingerprint density at radius 2 is 0.744 bits per heavy atom. The van der Waals surface area contributed by atoms with Crippen molar-refractivity contribution in [1.82, 2.24) is 4.90 Å². The fraction of sp³-hybridized carbons (Fsp3) is 1.00. The number of nitrogens with zero attached hydrogens (tertiary/aromatic N) is 1. The first kappa shape index (κ1) is 38.7. The van der Waals surface area contributed by atoms with Gasteiger partial charge in [0, 0.05) is 6.04 Å². The van der Waals surface area contributed by atoms with Gasteiger partial charge in [-0.2, -0.15) is 0 Å². The van der Waals surface area contributed by atoms with Gasteiger partial charge in [-0.05, 0) is 38.8 Å². The van der Waals surface area contributed by atoms with Crippen LogP contribution < -0.4 is 0 Å². The van der Waals surface area contributed by atoms with Crippen LogP contribution in [0.2, 0.25) is 0 Å². The molecule has 1 fully saturated rings. The molecule has 1 atom stereocenters. The van der Waals surface area contributed by atoms with Crippen LogP contribution in [-0.2, 0) is 0 Å². The molecule has 1 saturated heterocycles. The SMILES string of the molecule is CCCCCCCCCCCCCCCCCCCCCCCCC(CCC)N1CCCCC1.F[B-](F)(F)F. The molecule has 0 aromatic rings. The topological polar surface area (TPSA) is 3.24 Å². The molecule has 0 aliphatic carbocycles. The Balaban J connectivity index is 0.00000263. The maximum Gasteiger partial charge on any atom is 0.673 e. The highest BCUT2D eigenvalue weighted by Crippen LogP contribution is 2.21. The summed E-state index contributed by atoms with van der Waals surface area (Å²) in [4.78, 5) is 2.82. The first-order valence-corrected chi connectivity index (χ1v) is 17.5. The summed E-state index contributed by atoms with van der Waals surface area (Å²) in [6.07, 6.45) is 41.2. The second-order valence-corrected chi connectivity index (χ2v) is 12.2. The maximum absolute atomic E-state index is 9.75. The van der Waals surface area contributed by atoms with Crippen molar-refractivity contribution in [2.75, 3.05) is 13.1 Å². The van der Waals surface area contributed by atoms with Crippen LogP contribution in [0.4, 0.5) is 17.3 Å². The monoisotopic (exact) mass is 565 g/mol. The lowest BCUT2D eigenvalue weighted by Crippen LogP contribution is -2.39. The van der Waals surface area contributed by atoms with Gasteiger partial charge in [-0.1, -0.05) is 168 Å². The lowest BCUT2D eigenvalue weighted by atomic mass is 9.98. The number of unbranched alkanes of at least 4 members (excludes halogenated alkanes) is 21. The van der Waals surface area contributed by atoms with Gasteiger partial charge in [-0.15, -0.1) is 0 Å². The van der Waals surface area contributed by atoms with Crippen molar-refractivity contribution in [3.8, 4) is 0 Å². The van der Waals surface area contributed by atoms with Crippen LogP contribution >= 0.6 is 0 Å². The van der Waals surface area contributed by atoms with Crippen molar-refractivity contribution in [2.45, 2.75) is 200 Å². The molecule has 0 N–H and O–H groups in total. The lowest BCUT2D eigenvalue weighted by molar-refractivity contribution is 0.144. The second kappa shape index (κ2) is 29.2. The number of hydrogen-bond acceptors (Lipinski definition) is 1. The summed E-state index contributed by atoms with van der Waals surface area (Å²) in [6, 6.07) is 0.899. The molecular weight excluding hydrogens is 497 g/mol. The van der Waals surface area contributed by atoms with Gasteiger partial charge in [-0.3, -0.25) is 0 Å². The van der Waals surface area contributed by atoms with Crippen LogP contribution in [0.15, 0.2) is 0 Å². The Hall–Kier alpha value is -0.255. The van der Waals surface area contributed by atoms with E-state index < -0.39 is 7.25 Å². The summed E-state index contributed by atoms with van der Waals surface area (Å²) in [6.45, 7) is 7.44. The van der Waals surface area contributed by atoms with Crippen LogP contribution in [0.5, 0.6) is 0 Å². The minimum absolute atomic E-state index is 0.899. The minimum atomic E-state index is -6.00.